The van der Waals surface area contributed by atoms with E-state index in [9.17, 15) is 23.9 Å². The molecule has 1 fully saturated rings. The highest BCUT2D eigenvalue weighted by molar-refractivity contribution is 7.82. The van der Waals surface area contributed by atoms with Gasteiger partial charge in [-0.2, -0.15) is 0 Å². The van der Waals surface area contributed by atoms with Crippen LogP contribution in [0.2, 0.25) is 18.1 Å². The number of nitrogens with one attached hydrogen (secondary N) is 1. The topological polar surface area (TPSA) is 122 Å². The van der Waals surface area contributed by atoms with Crippen LogP contribution in [0.3, 0.4) is 0 Å². The number of nitro benzene ring substituents is 1. The van der Waals surface area contributed by atoms with Gasteiger partial charge in [0.2, 0.25) is 11.8 Å². The molecule has 236 valence electrons. The van der Waals surface area contributed by atoms with Crippen molar-refractivity contribution in [2.24, 2.45) is 0 Å². The van der Waals surface area contributed by atoms with E-state index in [-0.39, 0.29) is 53.6 Å². The molecule has 0 aliphatic carbocycles. The fourth-order valence-corrected chi connectivity index (χ4v) is 7.69. The molecule has 1 heterocycles. The first-order valence-electron chi connectivity index (χ1n) is 14.8. The van der Waals surface area contributed by atoms with Crippen molar-refractivity contribution in [1.29, 1.82) is 0 Å². The molecule has 0 bridgehead atoms. The number of carbonyl (C=O) groups is 2. The van der Waals surface area contributed by atoms with Gasteiger partial charge in [0.1, 0.15) is 28.0 Å². The third-order valence-electron chi connectivity index (χ3n) is 8.77. The second kappa shape index (κ2) is 13.7. The van der Waals surface area contributed by atoms with Crippen LogP contribution < -0.4 is 5.32 Å². The number of piperazine rings is 1. The fraction of sp³-hybridized carbons (Fsp3) is 0.438. The summed E-state index contributed by atoms with van der Waals surface area (Å²) in [6, 6.07) is 18.1. The monoisotopic (exact) mass is 638 g/mol. The van der Waals surface area contributed by atoms with Crippen molar-refractivity contribution in [2.45, 2.75) is 68.7 Å². The molecule has 1 saturated heterocycles. The van der Waals surface area contributed by atoms with Crippen LogP contribution in [-0.4, -0.2) is 77.3 Å². The molecule has 1 N–H and O–H groups in total. The summed E-state index contributed by atoms with van der Waals surface area (Å²) in [7, 11) is -2.60. The highest BCUT2D eigenvalue weighted by Crippen LogP contribution is 2.37. The van der Waals surface area contributed by atoms with Crippen molar-refractivity contribution < 1.29 is 23.1 Å². The molecule has 0 aromatic heterocycles. The van der Waals surface area contributed by atoms with Gasteiger partial charge in [-0.1, -0.05) is 75.4 Å². The minimum atomic E-state index is -2.16. The number of hydrogen-bond donors (Lipinski definition) is 1. The van der Waals surface area contributed by atoms with Crippen molar-refractivity contribution in [3.8, 4) is 0 Å². The maximum Gasteiger partial charge on any atom is 0.286 e. The zero-order valence-electron chi connectivity index (χ0n) is 26.2. The normalized spacial score (nSPS) is 17.8. The minimum absolute atomic E-state index is 0.0353. The molecular formula is C32H42N4O6SSi. The summed E-state index contributed by atoms with van der Waals surface area (Å²) in [5.41, 5.74) is 0.644. The Morgan fingerprint density at radius 2 is 1.75 bits per heavy atom. The van der Waals surface area contributed by atoms with E-state index in [0.717, 1.165) is 16.3 Å². The molecule has 3 aromatic rings. The second-order valence-corrected chi connectivity index (χ2v) is 18.8. The average molecular weight is 639 g/mol. The Morgan fingerprint density at radius 3 is 2.41 bits per heavy atom. The summed E-state index contributed by atoms with van der Waals surface area (Å²) < 4.78 is 21.9. The Bertz CT molecular complexity index is 1560. The van der Waals surface area contributed by atoms with E-state index in [4.69, 9.17) is 4.43 Å². The van der Waals surface area contributed by atoms with Crippen LogP contribution in [0.4, 0.5) is 5.69 Å². The smallest absolute Gasteiger partial charge is 0.286 e. The number of para-hydroxylation sites is 1. The van der Waals surface area contributed by atoms with Crippen LogP contribution in [-0.2, 0) is 31.4 Å². The summed E-state index contributed by atoms with van der Waals surface area (Å²) in [5, 5.41) is 16.5. The van der Waals surface area contributed by atoms with Gasteiger partial charge in [0.05, 0.1) is 4.92 Å². The number of fused-ring (bicyclic) bond motifs is 1. The van der Waals surface area contributed by atoms with E-state index in [1.165, 1.54) is 22.5 Å². The van der Waals surface area contributed by atoms with E-state index >= 15 is 0 Å². The van der Waals surface area contributed by atoms with E-state index in [1.54, 1.807) is 18.0 Å². The van der Waals surface area contributed by atoms with Gasteiger partial charge in [0, 0.05) is 39.2 Å². The van der Waals surface area contributed by atoms with E-state index in [2.05, 4.69) is 39.2 Å². The van der Waals surface area contributed by atoms with Gasteiger partial charge < -0.3 is 14.6 Å². The number of hydrogen-bond acceptors (Lipinski definition) is 6. The van der Waals surface area contributed by atoms with Crippen LogP contribution in [0.1, 0.15) is 32.8 Å². The van der Waals surface area contributed by atoms with Crippen molar-refractivity contribution in [3.63, 3.8) is 0 Å². The van der Waals surface area contributed by atoms with Crippen LogP contribution in [0, 0.1) is 10.1 Å². The van der Waals surface area contributed by atoms with Crippen molar-refractivity contribution >= 4 is 47.6 Å². The van der Waals surface area contributed by atoms with Gasteiger partial charge in [-0.05, 0) is 47.0 Å². The lowest BCUT2D eigenvalue weighted by Gasteiger charge is -2.43. The Kier molecular flexibility index (Phi) is 10.4. The summed E-state index contributed by atoms with van der Waals surface area (Å²) in [4.78, 5) is 40.4. The largest absolute Gasteiger partial charge is 0.417 e. The third kappa shape index (κ3) is 7.25. The molecule has 3 unspecified atom stereocenters. The third-order valence-corrected chi connectivity index (χ3v) is 14.9. The number of rotatable bonds is 11. The first-order valence-corrected chi connectivity index (χ1v) is 18.8. The number of carbonyl (C=O) groups excluding carboxylic acids is 2. The van der Waals surface area contributed by atoms with Gasteiger partial charge in [0.15, 0.2) is 8.32 Å². The molecule has 3 aromatic carbocycles. The molecule has 4 rings (SSSR count). The highest BCUT2D eigenvalue weighted by Gasteiger charge is 2.44. The molecule has 0 radical (unpaired) electrons. The lowest BCUT2D eigenvalue weighted by atomic mass is 9.98. The molecule has 12 heteroatoms. The minimum Gasteiger partial charge on any atom is -0.417 e. The van der Waals surface area contributed by atoms with Crippen LogP contribution >= 0.6 is 0 Å². The Labute approximate surface area is 262 Å². The predicted molar refractivity (Wildman–Crippen MR) is 175 cm³/mol. The first kappa shape index (κ1) is 33.4. The number of nitrogens with zero attached hydrogens (tertiary/aromatic N) is 3. The molecule has 0 spiro atoms. The van der Waals surface area contributed by atoms with Gasteiger partial charge in [-0.15, -0.1) is 0 Å². The summed E-state index contributed by atoms with van der Waals surface area (Å²) in [5.74, 6) is -0.646. The second-order valence-electron chi connectivity index (χ2n) is 12.6. The summed E-state index contributed by atoms with van der Waals surface area (Å²) >= 11 is 0. The molecular weight excluding hydrogens is 597 g/mol. The number of likely N-dealkylation sites (N-methyl/N-ethyl adjacent to an activating group) is 1. The van der Waals surface area contributed by atoms with Gasteiger partial charge in [0.25, 0.3) is 5.69 Å². The zero-order valence-corrected chi connectivity index (χ0v) is 28.1. The lowest BCUT2D eigenvalue weighted by molar-refractivity contribution is -0.387. The number of amides is 2. The molecule has 1 aliphatic rings. The van der Waals surface area contributed by atoms with Gasteiger partial charge >= 0.3 is 0 Å². The number of nitro groups is 1. The maximum absolute atomic E-state index is 14.3. The van der Waals surface area contributed by atoms with Crippen LogP contribution in [0.15, 0.2) is 71.6 Å². The molecule has 2 amide bonds. The Balaban J connectivity index is 1.66. The van der Waals surface area contributed by atoms with Gasteiger partial charge in [-0.3, -0.25) is 19.7 Å². The van der Waals surface area contributed by atoms with Crippen molar-refractivity contribution in [3.05, 3.63) is 82.4 Å². The predicted octanol–water partition coefficient (Wildman–Crippen LogP) is 5.05. The molecule has 3 atom stereocenters. The Morgan fingerprint density at radius 1 is 1.09 bits per heavy atom. The van der Waals surface area contributed by atoms with E-state index in [1.807, 2.05) is 42.5 Å². The fourth-order valence-electron chi connectivity index (χ4n) is 5.19. The maximum atomic E-state index is 14.3. The van der Waals surface area contributed by atoms with Crippen molar-refractivity contribution in [1.82, 2.24) is 14.5 Å². The SMILES string of the molecule is CNC(=O)C(Cc1ccc2ccccc2c1)N1CCN(S(=O)c2ccccc2[N+](=O)[O-])C(CCO[Si](C)(C)C(C)(C)C)C1=O. The molecule has 0 saturated carbocycles. The molecule has 10 nitrogen and oxygen atoms in total. The Hall–Kier alpha value is -3.45. The highest BCUT2D eigenvalue weighted by atomic mass is 32.2. The molecule has 44 heavy (non-hydrogen) atoms. The lowest BCUT2D eigenvalue weighted by Crippen LogP contribution is -2.63. The zero-order chi connectivity index (χ0) is 32.2. The van der Waals surface area contributed by atoms with Crippen LogP contribution in [0.5, 0.6) is 0 Å². The summed E-state index contributed by atoms with van der Waals surface area (Å²) in [6.45, 7) is 11.2. The van der Waals surface area contributed by atoms with Crippen molar-refractivity contribution in [2.75, 3.05) is 26.7 Å². The molecule has 1 aliphatic heterocycles. The van der Waals surface area contributed by atoms with E-state index < -0.39 is 36.3 Å². The summed E-state index contributed by atoms with van der Waals surface area (Å²) in [6.07, 6.45) is 0.529. The standard InChI is InChI=1S/C32H42N4O6SSi/c1-32(2,3)44(5,6)42-20-17-27-31(38)34(18-19-35(27)43(41)29-14-10-9-13-26(29)36(39)40)28(30(37)33-4)22-23-15-16-24-11-7-8-12-25(24)21-23/h7-16,21,27-28H,17-20,22H2,1-6H3,(H,33,37). The van der Waals surface area contributed by atoms with E-state index in [0.29, 0.717) is 6.42 Å². The first-order chi connectivity index (χ1) is 20.7. The van der Waals surface area contributed by atoms with Crippen LogP contribution in [0.25, 0.3) is 10.8 Å². The quantitative estimate of drug-likeness (QED) is 0.178. The average Bonchev–Trinajstić information content (AvgIpc) is 2.99. The van der Waals surface area contributed by atoms with Gasteiger partial charge in [-0.25, -0.2) is 8.51 Å². The number of benzene rings is 3.